The highest BCUT2D eigenvalue weighted by atomic mass is 32.1. The van der Waals surface area contributed by atoms with Crippen molar-refractivity contribution >= 4 is 34.4 Å². The largest absolute Gasteiger partial charge is 0.378 e. The summed E-state index contributed by atoms with van der Waals surface area (Å²) in [5.74, 6) is -0.334. The van der Waals surface area contributed by atoms with Crippen molar-refractivity contribution in [2.75, 3.05) is 29.6 Å². The number of benzene rings is 2. The summed E-state index contributed by atoms with van der Waals surface area (Å²) < 4.78 is 13.5. The molecule has 20 heavy (non-hydrogen) atoms. The number of halogens is 1. The molecule has 5 heteroatoms. The highest BCUT2D eigenvalue weighted by Crippen LogP contribution is 2.17. The zero-order chi connectivity index (χ0) is 14.5. The molecular formula is C15H16FN3S. The van der Waals surface area contributed by atoms with Crippen LogP contribution in [0.25, 0.3) is 0 Å². The number of anilines is 3. The van der Waals surface area contributed by atoms with Crippen molar-refractivity contribution in [1.82, 2.24) is 0 Å². The van der Waals surface area contributed by atoms with Gasteiger partial charge < -0.3 is 15.5 Å². The van der Waals surface area contributed by atoms with Gasteiger partial charge in [-0.1, -0.05) is 12.1 Å². The lowest BCUT2D eigenvalue weighted by Crippen LogP contribution is -2.19. The van der Waals surface area contributed by atoms with E-state index in [0.717, 1.165) is 11.4 Å². The van der Waals surface area contributed by atoms with Crippen molar-refractivity contribution in [3.05, 3.63) is 54.3 Å². The second kappa shape index (κ2) is 6.34. The second-order valence-corrected chi connectivity index (χ2v) is 4.91. The SMILES string of the molecule is CN(C)c1ccc(NC(=S)Nc2ccccc2F)cc1. The molecule has 0 aliphatic carbocycles. The molecule has 2 rings (SSSR count). The van der Waals surface area contributed by atoms with Gasteiger partial charge >= 0.3 is 0 Å². The second-order valence-electron chi connectivity index (χ2n) is 4.50. The van der Waals surface area contributed by atoms with Crippen LogP contribution in [0.1, 0.15) is 0 Å². The molecule has 0 aromatic heterocycles. The maximum absolute atomic E-state index is 13.5. The van der Waals surface area contributed by atoms with Crippen LogP contribution in [0.5, 0.6) is 0 Å². The van der Waals surface area contributed by atoms with Crippen molar-refractivity contribution in [2.24, 2.45) is 0 Å². The van der Waals surface area contributed by atoms with Crippen LogP contribution in [-0.4, -0.2) is 19.2 Å². The van der Waals surface area contributed by atoms with Crippen LogP contribution in [-0.2, 0) is 0 Å². The van der Waals surface area contributed by atoms with Gasteiger partial charge in [0.2, 0.25) is 0 Å². The van der Waals surface area contributed by atoms with Gasteiger partial charge in [-0.3, -0.25) is 0 Å². The van der Waals surface area contributed by atoms with Gasteiger partial charge in [0.15, 0.2) is 5.11 Å². The van der Waals surface area contributed by atoms with Crippen LogP contribution in [0.15, 0.2) is 48.5 Å². The average molecular weight is 289 g/mol. The van der Waals surface area contributed by atoms with Gasteiger partial charge in [-0.2, -0.15) is 0 Å². The molecule has 0 amide bonds. The topological polar surface area (TPSA) is 27.3 Å². The number of thiocarbonyl (C=S) groups is 1. The van der Waals surface area contributed by atoms with Crippen molar-refractivity contribution in [3.63, 3.8) is 0 Å². The molecule has 0 aliphatic heterocycles. The summed E-state index contributed by atoms with van der Waals surface area (Å²) in [6, 6.07) is 14.2. The normalized spacial score (nSPS) is 9.95. The van der Waals surface area contributed by atoms with Crippen LogP contribution < -0.4 is 15.5 Å². The molecule has 0 saturated heterocycles. The number of hydrogen-bond donors (Lipinski definition) is 2. The first-order chi connectivity index (χ1) is 9.56. The van der Waals surface area contributed by atoms with E-state index in [-0.39, 0.29) is 5.82 Å². The highest BCUT2D eigenvalue weighted by molar-refractivity contribution is 7.80. The highest BCUT2D eigenvalue weighted by Gasteiger charge is 2.03. The molecule has 0 aliphatic rings. The van der Waals surface area contributed by atoms with Crippen molar-refractivity contribution < 1.29 is 4.39 Å². The predicted molar refractivity (Wildman–Crippen MR) is 87.0 cm³/mol. The first-order valence-corrected chi connectivity index (χ1v) is 6.57. The maximum atomic E-state index is 13.5. The Bertz CT molecular complexity index is 596. The molecular weight excluding hydrogens is 273 g/mol. The summed E-state index contributed by atoms with van der Waals surface area (Å²) in [7, 11) is 3.96. The Morgan fingerprint density at radius 1 is 1.00 bits per heavy atom. The Hall–Kier alpha value is -2.14. The predicted octanol–water partition coefficient (Wildman–Crippen LogP) is 3.70. The van der Waals surface area contributed by atoms with Crippen LogP contribution in [0.3, 0.4) is 0 Å². The molecule has 0 saturated carbocycles. The monoisotopic (exact) mass is 289 g/mol. The molecule has 0 radical (unpaired) electrons. The summed E-state index contributed by atoms with van der Waals surface area (Å²) in [6.07, 6.45) is 0. The smallest absolute Gasteiger partial charge is 0.175 e. The van der Waals surface area contributed by atoms with Gasteiger partial charge in [0, 0.05) is 25.5 Å². The Morgan fingerprint density at radius 2 is 1.65 bits per heavy atom. The molecule has 2 aromatic carbocycles. The van der Waals surface area contributed by atoms with Gasteiger partial charge in [0.05, 0.1) is 5.69 Å². The molecule has 2 aromatic rings. The number of hydrogen-bond acceptors (Lipinski definition) is 2. The summed E-state index contributed by atoms with van der Waals surface area (Å²) >= 11 is 5.16. The number of nitrogens with one attached hydrogen (secondary N) is 2. The zero-order valence-corrected chi connectivity index (χ0v) is 12.2. The lowest BCUT2D eigenvalue weighted by Gasteiger charge is -2.14. The van der Waals surface area contributed by atoms with E-state index in [9.17, 15) is 4.39 Å². The van der Waals surface area contributed by atoms with E-state index in [1.807, 2.05) is 43.3 Å². The Labute approximate surface area is 123 Å². The first kappa shape index (κ1) is 14.3. The Kier molecular flexibility index (Phi) is 4.53. The van der Waals surface area contributed by atoms with Gasteiger partial charge in [0.25, 0.3) is 0 Å². The molecule has 0 heterocycles. The molecule has 0 spiro atoms. The van der Waals surface area contributed by atoms with Gasteiger partial charge in [0.1, 0.15) is 5.82 Å². The standard InChI is InChI=1S/C15H16FN3S/c1-19(2)12-9-7-11(8-10-12)17-15(20)18-14-6-4-3-5-13(14)16/h3-10H,1-2H3,(H2,17,18,20). The van der Waals surface area contributed by atoms with Crippen LogP contribution in [0, 0.1) is 5.82 Å². The summed E-state index contributed by atoms with van der Waals surface area (Å²) in [4.78, 5) is 2.01. The first-order valence-electron chi connectivity index (χ1n) is 6.16. The third-order valence-electron chi connectivity index (χ3n) is 2.76. The van der Waals surface area contributed by atoms with Crippen molar-refractivity contribution in [2.45, 2.75) is 0 Å². The minimum atomic E-state index is -0.334. The van der Waals surface area contributed by atoms with E-state index in [1.165, 1.54) is 6.07 Å². The fraction of sp³-hybridized carbons (Fsp3) is 0.133. The molecule has 2 N–H and O–H groups in total. The maximum Gasteiger partial charge on any atom is 0.175 e. The fourth-order valence-corrected chi connectivity index (χ4v) is 1.92. The number of rotatable bonds is 3. The lowest BCUT2D eigenvalue weighted by atomic mass is 10.2. The van der Waals surface area contributed by atoms with E-state index >= 15 is 0 Å². The Balaban J connectivity index is 1.99. The fourth-order valence-electron chi connectivity index (χ4n) is 1.69. The van der Waals surface area contributed by atoms with E-state index in [0.29, 0.717) is 10.8 Å². The van der Waals surface area contributed by atoms with Gasteiger partial charge in [-0.15, -0.1) is 0 Å². The van der Waals surface area contributed by atoms with E-state index in [1.54, 1.807) is 18.2 Å². The van der Waals surface area contributed by atoms with Gasteiger partial charge in [-0.25, -0.2) is 4.39 Å². The van der Waals surface area contributed by atoms with E-state index < -0.39 is 0 Å². The van der Waals surface area contributed by atoms with Crippen LogP contribution >= 0.6 is 12.2 Å². The minimum absolute atomic E-state index is 0.334. The molecule has 0 unspecified atom stereocenters. The van der Waals surface area contributed by atoms with Crippen LogP contribution in [0.4, 0.5) is 21.5 Å². The third kappa shape index (κ3) is 3.68. The quantitative estimate of drug-likeness (QED) is 0.843. The average Bonchev–Trinajstić information content (AvgIpc) is 2.42. The van der Waals surface area contributed by atoms with Crippen LogP contribution in [0.2, 0.25) is 0 Å². The Morgan fingerprint density at radius 3 is 2.25 bits per heavy atom. The zero-order valence-electron chi connectivity index (χ0n) is 11.4. The molecule has 3 nitrogen and oxygen atoms in total. The van der Waals surface area contributed by atoms with Crippen molar-refractivity contribution in [3.8, 4) is 0 Å². The van der Waals surface area contributed by atoms with E-state index in [4.69, 9.17) is 12.2 Å². The molecule has 0 atom stereocenters. The molecule has 0 fully saturated rings. The summed E-state index contributed by atoms with van der Waals surface area (Å²) in [6.45, 7) is 0. The van der Waals surface area contributed by atoms with Gasteiger partial charge in [-0.05, 0) is 48.6 Å². The summed E-state index contributed by atoms with van der Waals surface area (Å²) in [5.41, 5.74) is 2.31. The summed E-state index contributed by atoms with van der Waals surface area (Å²) in [5, 5.41) is 6.20. The minimum Gasteiger partial charge on any atom is -0.378 e. The van der Waals surface area contributed by atoms with E-state index in [2.05, 4.69) is 10.6 Å². The van der Waals surface area contributed by atoms with Crippen molar-refractivity contribution in [1.29, 1.82) is 0 Å². The molecule has 0 bridgehead atoms. The third-order valence-corrected chi connectivity index (χ3v) is 2.97. The number of nitrogens with zero attached hydrogens (tertiary/aromatic N) is 1. The number of para-hydroxylation sites is 1. The lowest BCUT2D eigenvalue weighted by molar-refractivity contribution is 0.632. The molecule has 104 valence electrons.